The van der Waals surface area contributed by atoms with Crippen LogP contribution in [0.3, 0.4) is 0 Å². The smallest absolute Gasteiger partial charge is 0.238 e. The summed E-state index contributed by atoms with van der Waals surface area (Å²) in [5.41, 5.74) is 5.28. The second-order valence-electron chi connectivity index (χ2n) is 9.22. The molecule has 0 atom stereocenters. The van der Waals surface area contributed by atoms with Crippen LogP contribution in [0.15, 0.2) is 55.5 Å². The fourth-order valence-corrected chi connectivity index (χ4v) is 4.26. The van der Waals surface area contributed by atoms with Crippen LogP contribution in [0.2, 0.25) is 0 Å². The van der Waals surface area contributed by atoms with Gasteiger partial charge in [0.2, 0.25) is 11.8 Å². The van der Waals surface area contributed by atoms with Crippen LogP contribution in [-0.4, -0.2) is 79.4 Å². The Balaban J connectivity index is 1.70. The van der Waals surface area contributed by atoms with Gasteiger partial charge in [0.15, 0.2) is 0 Å². The molecule has 0 radical (unpaired) electrons. The number of aromatic nitrogens is 4. The number of fused-ring (bicyclic) bond motifs is 1. The highest BCUT2D eigenvalue weighted by Crippen LogP contribution is 2.38. The van der Waals surface area contributed by atoms with Crippen molar-refractivity contribution in [3.8, 4) is 22.9 Å². The summed E-state index contributed by atoms with van der Waals surface area (Å²) in [7, 11) is 11.5. The van der Waals surface area contributed by atoms with Crippen molar-refractivity contribution in [3.05, 3.63) is 55.5 Å². The molecule has 2 N–H and O–H groups in total. The molecule has 4 aromatic rings. The maximum absolute atomic E-state index is 5.76. The monoisotopic (exact) mass is 516 g/mol. The zero-order valence-electron chi connectivity index (χ0n) is 22.9. The summed E-state index contributed by atoms with van der Waals surface area (Å²) in [5.74, 6) is 1.71. The summed E-state index contributed by atoms with van der Waals surface area (Å²) in [6.45, 7) is 6.27. The summed E-state index contributed by atoms with van der Waals surface area (Å²) in [4.78, 5) is 18.1. The average molecular weight is 517 g/mol. The maximum Gasteiger partial charge on any atom is 0.238 e. The number of rotatable bonds is 12. The lowest BCUT2D eigenvalue weighted by Gasteiger charge is -2.26. The summed E-state index contributed by atoms with van der Waals surface area (Å²) in [6.07, 6.45) is 7.33. The van der Waals surface area contributed by atoms with Crippen LogP contribution in [0.1, 0.15) is 0 Å². The molecule has 3 aromatic heterocycles. The molecule has 0 spiro atoms. The number of hydrogen-bond acceptors (Lipinski definition) is 9. The first-order chi connectivity index (χ1) is 18.4. The van der Waals surface area contributed by atoms with Gasteiger partial charge in [-0.2, -0.15) is 0 Å². The largest absolute Gasteiger partial charge is 0.494 e. The second kappa shape index (κ2) is 11.8. The molecule has 0 saturated heterocycles. The fourth-order valence-electron chi connectivity index (χ4n) is 4.26. The van der Waals surface area contributed by atoms with Gasteiger partial charge in [-0.25, -0.2) is 15.0 Å². The van der Waals surface area contributed by atoms with E-state index in [2.05, 4.69) is 58.1 Å². The van der Waals surface area contributed by atoms with Crippen molar-refractivity contribution in [2.75, 3.05) is 70.5 Å². The normalized spacial score (nSPS) is 11.0. The van der Waals surface area contributed by atoms with Gasteiger partial charge in [0, 0.05) is 69.3 Å². The van der Waals surface area contributed by atoms with E-state index in [1.54, 1.807) is 26.6 Å². The lowest BCUT2D eigenvalue weighted by atomic mass is 10.1. The van der Waals surface area contributed by atoms with Gasteiger partial charge in [-0.3, -0.25) is 0 Å². The van der Waals surface area contributed by atoms with Crippen LogP contribution < -0.4 is 25.0 Å². The van der Waals surface area contributed by atoms with Crippen molar-refractivity contribution in [1.29, 1.82) is 0 Å². The molecule has 200 valence electrons. The number of nitrogens with one attached hydrogen (secondary N) is 2. The summed E-state index contributed by atoms with van der Waals surface area (Å²) in [6, 6.07) is 7.95. The highest BCUT2D eigenvalue weighted by Gasteiger charge is 2.17. The Morgan fingerprint density at radius 3 is 2.58 bits per heavy atom. The number of anilines is 4. The zero-order valence-corrected chi connectivity index (χ0v) is 22.9. The van der Waals surface area contributed by atoms with E-state index in [1.807, 2.05) is 48.2 Å². The highest BCUT2D eigenvalue weighted by atomic mass is 16.5. The first-order valence-corrected chi connectivity index (χ1v) is 12.4. The molecule has 0 saturated carbocycles. The molecular formula is C28H36N8O2. The summed E-state index contributed by atoms with van der Waals surface area (Å²) in [5, 5.41) is 7.80. The van der Waals surface area contributed by atoms with Crippen LogP contribution in [0.25, 0.3) is 22.2 Å². The first kappa shape index (κ1) is 26.7. The van der Waals surface area contributed by atoms with Crippen molar-refractivity contribution in [2.45, 2.75) is 0 Å². The Labute approximate surface area is 223 Å². The number of ether oxygens (including phenoxy) is 2. The van der Waals surface area contributed by atoms with Crippen molar-refractivity contribution in [1.82, 2.24) is 24.4 Å². The molecule has 38 heavy (non-hydrogen) atoms. The Bertz CT molecular complexity index is 1420. The van der Waals surface area contributed by atoms with Crippen LogP contribution in [0, 0.1) is 0 Å². The Morgan fingerprint density at radius 2 is 1.87 bits per heavy atom. The Kier molecular flexibility index (Phi) is 8.32. The van der Waals surface area contributed by atoms with Crippen LogP contribution in [0.5, 0.6) is 11.6 Å². The van der Waals surface area contributed by atoms with E-state index >= 15 is 0 Å². The molecular weight excluding hydrogens is 480 g/mol. The molecule has 0 aliphatic heterocycles. The van der Waals surface area contributed by atoms with E-state index in [1.165, 1.54) is 0 Å². The molecule has 0 aliphatic carbocycles. The van der Waals surface area contributed by atoms with Gasteiger partial charge >= 0.3 is 0 Å². The minimum Gasteiger partial charge on any atom is -0.494 e. The van der Waals surface area contributed by atoms with Crippen molar-refractivity contribution in [2.24, 2.45) is 7.05 Å². The number of pyridine rings is 1. The SMILES string of the molecule is C=CCNc1cc(Nc2nccc(-c3cnc(OC)c4c3ccn4C)n2)c(OC)cc1N(C)CCN(C)C. The number of likely N-dealkylation sites (N-methyl/N-ethyl adjacent to an activating group) is 2. The number of hydrogen-bond donors (Lipinski definition) is 2. The summed E-state index contributed by atoms with van der Waals surface area (Å²) >= 11 is 0. The third kappa shape index (κ3) is 5.65. The predicted octanol–water partition coefficient (Wildman–Crippen LogP) is 4.39. The van der Waals surface area contributed by atoms with Gasteiger partial charge in [-0.1, -0.05) is 6.08 Å². The molecule has 4 rings (SSSR count). The van der Waals surface area contributed by atoms with E-state index < -0.39 is 0 Å². The third-order valence-corrected chi connectivity index (χ3v) is 6.30. The molecule has 3 heterocycles. The molecule has 0 fully saturated rings. The van der Waals surface area contributed by atoms with Crippen LogP contribution >= 0.6 is 0 Å². The molecule has 0 bridgehead atoms. The number of aryl methyl sites for hydroxylation is 1. The number of benzene rings is 1. The molecule has 0 aliphatic rings. The topological polar surface area (TPSA) is 92.6 Å². The number of nitrogens with zero attached hydrogens (tertiary/aromatic N) is 6. The summed E-state index contributed by atoms with van der Waals surface area (Å²) < 4.78 is 13.2. The van der Waals surface area contributed by atoms with Gasteiger partial charge < -0.3 is 34.5 Å². The van der Waals surface area contributed by atoms with Gasteiger partial charge in [-0.05, 0) is 32.3 Å². The third-order valence-electron chi connectivity index (χ3n) is 6.30. The van der Waals surface area contributed by atoms with Gasteiger partial charge in [0.25, 0.3) is 0 Å². The average Bonchev–Trinajstić information content (AvgIpc) is 3.31. The highest BCUT2D eigenvalue weighted by molar-refractivity contribution is 5.96. The molecule has 0 amide bonds. The molecule has 0 unspecified atom stereocenters. The van der Waals surface area contributed by atoms with Gasteiger partial charge in [0.1, 0.15) is 11.3 Å². The van der Waals surface area contributed by atoms with E-state index in [0.717, 1.165) is 52.3 Å². The minimum absolute atomic E-state index is 0.448. The number of methoxy groups -OCH3 is 2. The van der Waals surface area contributed by atoms with Crippen LogP contribution in [-0.2, 0) is 7.05 Å². The predicted molar refractivity (Wildman–Crippen MR) is 155 cm³/mol. The zero-order chi connectivity index (χ0) is 27.2. The van der Waals surface area contributed by atoms with Crippen LogP contribution in [0.4, 0.5) is 23.0 Å². The van der Waals surface area contributed by atoms with Gasteiger partial charge in [-0.15, -0.1) is 6.58 Å². The fraction of sp³-hybridized carbons (Fsp3) is 0.321. The van der Waals surface area contributed by atoms with E-state index in [0.29, 0.717) is 24.1 Å². The van der Waals surface area contributed by atoms with Gasteiger partial charge in [0.05, 0.1) is 37.0 Å². The molecule has 10 nitrogen and oxygen atoms in total. The standard InChI is InChI=1S/C28H36N8O2/c1-8-11-29-22-16-23(25(37-6)17-24(22)35(4)15-14-34(2)3)33-28-30-12-9-21(32-28)20-18-31-27(38-7)26-19(20)10-13-36(26)5/h8-10,12-13,16-18,29H,1,11,14-15H2,2-7H3,(H,30,32,33). The Hall–Kier alpha value is -4.31. The van der Waals surface area contributed by atoms with Crippen molar-refractivity contribution in [3.63, 3.8) is 0 Å². The van der Waals surface area contributed by atoms with Crippen molar-refractivity contribution < 1.29 is 9.47 Å². The second-order valence-corrected chi connectivity index (χ2v) is 9.22. The lowest BCUT2D eigenvalue weighted by molar-refractivity contribution is 0.401. The lowest BCUT2D eigenvalue weighted by Crippen LogP contribution is -2.29. The quantitative estimate of drug-likeness (QED) is 0.266. The van der Waals surface area contributed by atoms with E-state index in [9.17, 15) is 0 Å². The minimum atomic E-state index is 0.448. The van der Waals surface area contributed by atoms with E-state index in [-0.39, 0.29) is 0 Å². The maximum atomic E-state index is 5.76. The molecule has 10 heteroatoms. The first-order valence-electron chi connectivity index (χ1n) is 12.4. The molecule has 1 aromatic carbocycles. The van der Waals surface area contributed by atoms with Crippen molar-refractivity contribution >= 4 is 33.9 Å². The van der Waals surface area contributed by atoms with E-state index in [4.69, 9.17) is 14.5 Å². The Morgan fingerprint density at radius 1 is 1.05 bits per heavy atom.